The number of carboxylic acids is 1. The minimum atomic E-state index is -1.12. The Labute approximate surface area is 122 Å². The number of nitrogens with zero attached hydrogens (tertiary/aromatic N) is 1. The van der Waals surface area contributed by atoms with Crippen molar-refractivity contribution in [2.75, 3.05) is 13.2 Å². The summed E-state index contributed by atoms with van der Waals surface area (Å²) in [6.45, 7) is 5.18. The van der Waals surface area contributed by atoms with Gasteiger partial charge in [0, 0.05) is 6.54 Å². The summed E-state index contributed by atoms with van der Waals surface area (Å²) in [5.74, 6) is -0.846. The van der Waals surface area contributed by atoms with Crippen molar-refractivity contribution in [3.05, 3.63) is 23.7 Å². The van der Waals surface area contributed by atoms with E-state index in [9.17, 15) is 9.59 Å². The Morgan fingerprint density at radius 1 is 1.48 bits per heavy atom. The molecule has 0 saturated carbocycles. The van der Waals surface area contributed by atoms with Crippen LogP contribution in [0.25, 0.3) is 0 Å². The van der Waals surface area contributed by atoms with Gasteiger partial charge in [-0.25, -0.2) is 9.59 Å². The zero-order valence-corrected chi connectivity index (χ0v) is 12.2. The van der Waals surface area contributed by atoms with Gasteiger partial charge in [-0.05, 0) is 25.5 Å². The summed E-state index contributed by atoms with van der Waals surface area (Å²) in [5.41, 5.74) is 0. The molecule has 2 atom stereocenters. The Hall–Kier alpha value is -2.02. The van der Waals surface area contributed by atoms with Crippen LogP contribution in [0.15, 0.2) is 16.5 Å². The van der Waals surface area contributed by atoms with E-state index in [4.69, 9.17) is 14.3 Å². The molecule has 0 aromatic carbocycles. The van der Waals surface area contributed by atoms with Crippen molar-refractivity contribution in [1.29, 1.82) is 0 Å². The fourth-order valence-corrected chi connectivity index (χ4v) is 2.28. The highest BCUT2D eigenvalue weighted by atomic mass is 16.5. The lowest BCUT2D eigenvalue weighted by Crippen LogP contribution is -2.54. The van der Waals surface area contributed by atoms with E-state index < -0.39 is 5.97 Å². The molecule has 0 spiro atoms. The first-order valence-corrected chi connectivity index (χ1v) is 6.99. The molecule has 0 bridgehead atoms. The van der Waals surface area contributed by atoms with Gasteiger partial charge >= 0.3 is 12.0 Å². The van der Waals surface area contributed by atoms with Crippen LogP contribution in [0.3, 0.4) is 0 Å². The first kappa shape index (κ1) is 15.4. The van der Waals surface area contributed by atoms with Crippen molar-refractivity contribution < 1.29 is 23.8 Å². The third-order valence-corrected chi connectivity index (χ3v) is 3.49. The number of hydrogen-bond donors (Lipinski definition) is 2. The number of carbonyl (C=O) groups excluding carboxylic acids is 1. The summed E-state index contributed by atoms with van der Waals surface area (Å²) < 4.78 is 10.6. The Kier molecular flexibility index (Phi) is 4.85. The molecule has 116 valence electrons. The fraction of sp³-hybridized carbons (Fsp3) is 0.571. The van der Waals surface area contributed by atoms with Crippen LogP contribution in [0.2, 0.25) is 0 Å². The third kappa shape index (κ3) is 3.75. The number of amides is 2. The van der Waals surface area contributed by atoms with Crippen molar-refractivity contribution in [2.24, 2.45) is 0 Å². The third-order valence-electron chi connectivity index (χ3n) is 3.49. The summed E-state index contributed by atoms with van der Waals surface area (Å²) >= 11 is 0. The quantitative estimate of drug-likeness (QED) is 0.882. The average Bonchev–Trinajstić information content (AvgIpc) is 2.94. The van der Waals surface area contributed by atoms with Crippen molar-refractivity contribution in [3.63, 3.8) is 0 Å². The number of aromatic carboxylic acids is 1. The maximum absolute atomic E-state index is 12.2. The number of morpholine rings is 1. The largest absolute Gasteiger partial charge is 0.475 e. The van der Waals surface area contributed by atoms with Gasteiger partial charge in [0.25, 0.3) is 0 Å². The molecule has 1 fully saturated rings. The predicted octanol–water partition coefficient (Wildman–Crippen LogP) is 1.69. The van der Waals surface area contributed by atoms with Gasteiger partial charge in [-0.3, -0.25) is 0 Å². The summed E-state index contributed by atoms with van der Waals surface area (Å²) in [6, 6.07) is 2.79. The second-order valence-corrected chi connectivity index (χ2v) is 5.09. The fourth-order valence-electron chi connectivity index (χ4n) is 2.28. The second kappa shape index (κ2) is 6.62. The monoisotopic (exact) mass is 296 g/mol. The highest BCUT2D eigenvalue weighted by Crippen LogP contribution is 2.15. The summed E-state index contributed by atoms with van der Waals surface area (Å²) in [7, 11) is 0. The van der Waals surface area contributed by atoms with Gasteiger partial charge in [0.1, 0.15) is 5.76 Å². The molecule has 1 aromatic rings. The predicted molar refractivity (Wildman–Crippen MR) is 74.1 cm³/mol. The first-order valence-electron chi connectivity index (χ1n) is 6.99. The van der Waals surface area contributed by atoms with E-state index in [0.29, 0.717) is 18.9 Å². The molecule has 2 N–H and O–H groups in total. The van der Waals surface area contributed by atoms with E-state index in [-0.39, 0.29) is 30.5 Å². The Morgan fingerprint density at radius 3 is 2.86 bits per heavy atom. The maximum Gasteiger partial charge on any atom is 0.371 e. The summed E-state index contributed by atoms with van der Waals surface area (Å²) in [5, 5.41) is 11.5. The minimum Gasteiger partial charge on any atom is -0.475 e. The number of furan rings is 1. The van der Waals surface area contributed by atoms with Crippen molar-refractivity contribution in [1.82, 2.24) is 10.2 Å². The van der Waals surface area contributed by atoms with Crippen LogP contribution in [-0.2, 0) is 11.3 Å². The van der Waals surface area contributed by atoms with Gasteiger partial charge in [0.05, 0.1) is 25.3 Å². The number of rotatable bonds is 4. The van der Waals surface area contributed by atoms with Crippen LogP contribution in [0, 0.1) is 0 Å². The van der Waals surface area contributed by atoms with Crippen LogP contribution < -0.4 is 5.32 Å². The molecule has 1 aliphatic rings. The molecule has 2 amide bonds. The zero-order chi connectivity index (χ0) is 15.4. The lowest BCUT2D eigenvalue weighted by molar-refractivity contribution is -0.0379. The van der Waals surface area contributed by atoms with E-state index >= 15 is 0 Å². The maximum atomic E-state index is 12.2. The number of urea groups is 1. The highest BCUT2D eigenvalue weighted by Gasteiger charge is 2.29. The molecular formula is C14H20N2O5. The Bertz CT molecular complexity index is 513. The van der Waals surface area contributed by atoms with E-state index in [1.807, 2.05) is 13.8 Å². The normalized spacial score (nSPS) is 22.1. The molecule has 1 aliphatic heterocycles. The summed E-state index contributed by atoms with van der Waals surface area (Å²) in [6.07, 6.45) is 0.838. The van der Waals surface area contributed by atoms with Crippen molar-refractivity contribution in [3.8, 4) is 0 Å². The van der Waals surface area contributed by atoms with Crippen LogP contribution in [0.5, 0.6) is 0 Å². The van der Waals surface area contributed by atoms with Gasteiger partial charge < -0.3 is 24.5 Å². The lowest BCUT2D eigenvalue weighted by atomic mass is 10.1. The standard InChI is InChI=1S/C14H20N2O5/c1-3-10-8-20-9(2)7-16(10)14(19)15-6-11-4-5-12(21-11)13(17)18/h4-5,9-10H,3,6-8H2,1-2H3,(H,15,19)(H,17,18). The molecule has 2 heterocycles. The van der Waals surface area contributed by atoms with E-state index in [1.165, 1.54) is 6.07 Å². The molecule has 1 aromatic heterocycles. The summed E-state index contributed by atoms with van der Waals surface area (Å²) in [4.78, 5) is 24.7. The van der Waals surface area contributed by atoms with Crippen LogP contribution in [0.1, 0.15) is 36.6 Å². The smallest absolute Gasteiger partial charge is 0.371 e. The molecule has 0 radical (unpaired) electrons. The van der Waals surface area contributed by atoms with E-state index in [2.05, 4.69) is 5.32 Å². The van der Waals surface area contributed by atoms with E-state index in [0.717, 1.165) is 6.42 Å². The highest BCUT2D eigenvalue weighted by molar-refractivity contribution is 5.84. The number of hydrogen-bond acceptors (Lipinski definition) is 4. The van der Waals surface area contributed by atoms with Crippen molar-refractivity contribution in [2.45, 2.75) is 39.0 Å². The van der Waals surface area contributed by atoms with E-state index in [1.54, 1.807) is 11.0 Å². The topological polar surface area (TPSA) is 92.0 Å². The SMILES string of the molecule is CCC1COC(C)CN1C(=O)NCc1ccc(C(=O)O)o1. The number of carboxylic acid groups (broad SMARTS) is 1. The molecule has 1 saturated heterocycles. The van der Waals surface area contributed by atoms with Gasteiger partial charge in [0.15, 0.2) is 0 Å². The minimum absolute atomic E-state index is 0.0146. The average molecular weight is 296 g/mol. The number of nitrogens with one attached hydrogen (secondary N) is 1. The van der Waals surface area contributed by atoms with Gasteiger partial charge in [0.2, 0.25) is 5.76 Å². The van der Waals surface area contributed by atoms with Crippen molar-refractivity contribution >= 4 is 12.0 Å². The van der Waals surface area contributed by atoms with Gasteiger partial charge in [-0.1, -0.05) is 6.92 Å². The molecule has 7 nitrogen and oxygen atoms in total. The van der Waals surface area contributed by atoms with Crippen LogP contribution in [-0.4, -0.2) is 47.3 Å². The molecule has 2 rings (SSSR count). The second-order valence-electron chi connectivity index (χ2n) is 5.09. The molecular weight excluding hydrogens is 276 g/mol. The molecule has 7 heteroatoms. The number of ether oxygens (including phenoxy) is 1. The van der Waals surface area contributed by atoms with Crippen LogP contribution >= 0.6 is 0 Å². The van der Waals surface area contributed by atoms with Gasteiger partial charge in [-0.15, -0.1) is 0 Å². The first-order chi connectivity index (χ1) is 10.0. The Morgan fingerprint density at radius 2 is 2.24 bits per heavy atom. The lowest BCUT2D eigenvalue weighted by Gasteiger charge is -2.38. The zero-order valence-electron chi connectivity index (χ0n) is 12.2. The molecule has 21 heavy (non-hydrogen) atoms. The van der Waals surface area contributed by atoms with Gasteiger partial charge in [-0.2, -0.15) is 0 Å². The molecule has 2 unspecified atom stereocenters. The molecule has 0 aliphatic carbocycles. The Balaban J connectivity index is 1.91. The number of carbonyl (C=O) groups is 2. The van der Waals surface area contributed by atoms with Crippen LogP contribution in [0.4, 0.5) is 4.79 Å².